The van der Waals surface area contributed by atoms with Gasteiger partial charge in [0.2, 0.25) is 0 Å². The first-order chi connectivity index (χ1) is 8.79. The van der Waals surface area contributed by atoms with Crippen molar-refractivity contribution < 1.29 is 0 Å². The van der Waals surface area contributed by atoms with Crippen LogP contribution in [0.1, 0.15) is 44.0 Å². The zero-order valence-electron chi connectivity index (χ0n) is 11.7. The molecule has 0 aromatic carbocycles. The van der Waals surface area contributed by atoms with Gasteiger partial charge in [-0.3, -0.25) is 9.88 Å². The van der Waals surface area contributed by atoms with E-state index in [-0.39, 0.29) is 0 Å². The van der Waals surface area contributed by atoms with E-state index < -0.39 is 0 Å². The van der Waals surface area contributed by atoms with Crippen LogP contribution in [0.5, 0.6) is 0 Å². The number of hydrogen-bond donors (Lipinski definition) is 1. The van der Waals surface area contributed by atoms with Gasteiger partial charge in [-0.25, -0.2) is 0 Å². The summed E-state index contributed by atoms with van der Waals surface area (Å²) in [7, 11) is 1.96. The monoisotopic (exact) mass is 247 g/mol. The molecule has 0 spiro atoms. The molecule has 1 aromatic heterocycles. The Bertz CT molecular complexity index is 365. The van der Waals surface area contributed by atoms with Gasteiger partial charge >= 0.3 is 0 Å². The van der Waals surface area contributed by atoms with Gasteiger partial charge in [-0.2, -0.15) is 0 Å². The number of likely N-dealkylation sites (tertiary alicyclic amines) is 1. The molecule has 1 aliphatic heterocycles. The van der Waals surface area contributed by atoms with Crippen LogP contribution in [0.4, 0.5) is 0 Å². The summed E-state index contributed by atoms with van der Waals surface area (Å²) in [6.07, 6.45) is 5.43. The lowest BCUT2D eigenvalue weighted by Crippen LogP contribution is -2.32. The first kappa shape index (κ1) is 13.5. The second-order valence-electron chi connectivity index (χ2n) is 5.32. The van der Waals surface area contributed by atoms with E-state index in [0.717, 1.165) is 18.8 Å². The number of nitrogens with zero attached hydrogens (tertiary/aromatic N) is 2. The molecule has 1 aliphatic rings. The Labute approximate surface area is 111 Å². The van der Waals surface area contributed by atoms with Crippen molar-refractivity contribution in [2.45, 2.75) is 51.7 Å². The molecule has 0 radical (unpaired) electrons. The summed E-state index contributed by atoms with van der Waals surface area (Å²) in [5.41, 5.74) is 2.34. The normalized spacial score (nSPS) is 21.8. The molecule has 1 aromatic rings. The van der Waals surface area contributed by atoms with Crippen molar-refractivity contribution in [1.82, 2.24) is 15.2 Å². The summed E-state index contributed by atoms with van der Waals surface area (Å²) >= 11 is 0. The highest BCUT2D eigenvalue weighted by Crippen LogP contribution is 2.18. The Hall–Kier alpha value is -0.930. The largest absolute Gasteiger partial charge is 0.314 e. The maximum absolute atomic E-state index is 4.72. The summed E-state index contributed by atoms with van der Waals surface area (Å²) < 4.78 is 0. The van der Waals surface area contributed by atoms with Crippen LogP contribution in [0.2, 0.25) is 0 Å². The zero-order valence-corrected chi connectivity index (χ0v) is 11.7. The second-order valence-corrected chi connectivity index (χ2v) is 5.32. The van der Waals surface area contributed by atoms with Crippen LogP contribution < -0.4 is 5.32 Å². The first-order valence-electron chi connectivity index (χ1n) is 7.13. The fraction of sp³-hybridized carbons (Fsp3) is 0.667. The summed E-state index contributed by atoms with van der Waals surface area (Å²) in [5, 5.41) is 3.16. The molecule has 3 heteroatoms. The molecule has 1 unspecified atom stereocenters. The zero-order chi connectivity index (χ0) is 12.8. The lowest BCUT2D eigenvalue weighted by Gasteiger charge is -2.26. The van der Waals surface area contributed by atoms with E-state index in [1.165, 1.54) is 37.9 Å². The number of aromatic nitrogens is 1. The van der Waals surface area contributed by atoms with Gasteiger partial charge < -0.3 is 5.32 Å². The van der Waals surface area contributed by atoms with E-state index in [9.17, 15) is 0 Å². The number of hydrogen-bond acceptors (Lipinski definition) is 3. The summed E-state index contributed by atoms with van der Waals surface area (Å²) in [6, 6.07) is 7.06. The fourth-order valence-corrected chi connectivity index (χ4v) is 2.67. The molecule has 1 saturated heterocycles. The highest BCUT2D eigenvalue weighted by Gasteiger charge is 2.17. The van der Waals surface area contributed by atoms with Gasteiger partial charge in [-0.1, -0.05) is 18.9 Å². The topological polar surface area (TPSA) is 28.2 Å². The van der Waals surface area contributed by atoms with Crippen molar-refractivity contribution in [2.24, 2.45) is 0 Å². The molecule has 1 fully saturated rings. The number of nitrogens with one attached hydrogen (secondary N) is 1. The molecule has 1 atom stereocenters. The van der Waals surface area contributed by atoms with Gasteiger partial charge in [-0.05, 0) is 45.5 Å². The average Bonchev–Trinajstić information content (AvgIpc) is 2.56. The van der Waals surface area contributed by atoms with Crippen LogP contribution >= 0.6 is 0 Å². The third kappa shape index (κ3) is 3.79. The molecule has 1 N–H and O–H groups in total. The lowest BCUT2D eigenvalue weighted by molar-refractivity contribution is 0.202. The predicted octanol–water partition coefficient (Wildman–Crippen LogP) is 2.57. The highest BCUT2D eigenvalue weighted by molar-refractivity contribution is 5.11. The van der Waals surface area contributed by atoms with E-state index in [2.05, 4.69) is 35.3 Å². The smallest absolute Gasteiger partial charge is 0.0547 e. The standard InChI is InChI=1S/C15H25N3/c1-13-7-4-3-5-10-18(13)12-15-9-6-8-14(17-15)11-16-2/h6,8-9,13,16H,3-5,7,10-12H2,1-2H3. The predicted molar refractivity (Wildman–Crippen MR) is 75.3 cm³/mol. The Balaban J connectivity index is 2.00. The van der Waals surface area contributed by atoms with Crippen LogP contribution in [0.25, 0.3) is 0 Å². The first-order valence-corrected chi connectivity index (χ1v) is 7.13. The summed E-state index contributed by atoms with van der Waals surface area (Å²) in [6.45, 7) is 5.42. The quantitative estimate of drug-likeness (QED) is 0.886. The third-order valence-electron chi connectivity index (χ3n) is 3.78. The molecule has 18 heavy (non-hydrogen) atoms. The van der Waals surface area contributed by atoms with Crippen molar-refractivity contribution in [2.75, 3.05) is 13.6 Å². The Morgan fingerprint density at radius 2 is 2.11 bits per heavy atom. The van der Waals surface area contributed by atoms with Crippen LogP contribution in [-0.4, -0.2) is 29.5 Å². The van der Waals surface area contributed by atoms with Crippen molar-refractivity contribution in [3.63, 3.8) is 0 Å². The molecule has 0 bridgehead atoms. The van der Waals surface area contributed by atoms with Crippen molar-refractivity contribution in [3.05, 3.63) is 29.6 Å². The maximum Gasteiger partial charge on any atom is 0.0547 e. The van der Waals surface area contributed by atoms with Gasteiger partial charge in [-0.15, -0.1) is 0 Å². The average molecular weight is 247 g/mol. The van der Waals surface area contributed by atoms with Gasteiger partial charge in [0.15, 0.2) is 0 Å². The molecular weight excluding hydrogens is 222 g/mol. The number of rotatable bonds is 4. The molecular formula is C15H25N3. The third-order valence-corrected chi connectivity index (χ3v) is 3.78. The minimum atomic E-state index is 0.697. The fourth-order valence-electron chi connectivity index (χ4n) is 2.67. The van der Waals surface area contributed by atoms with Crippen LogP contribution in [-0.2, 0) is 13.1 Å². The van der Waals surface area contributed by atoms with E-state index in [1.807, 2.05) is 7.05 Å². The maximum atomic E-state index is 4.72. The van der Waals surface area contributed by atoms with Gasteiger partial charge in [0, 0.05) is 19.1 Å². The van der Waals surface area contributed by atoms with E-state index in [4.69, 9.17) is 4.98 Å². The molecule has 2 rings (SSSR count). The van der Waals surface area contributed by atoms with Gasteiger partial charge in [0.25, 0.3) is 0 Å². The minimum absolute atomic E-state index is 0.697. The molecule has 0 saturated carbocycles. The SMILES string of the molecule is CNCc1cccc(CN2CCCCCC2C)n1. The minimum Gasteiger partial charge on any atom is -0.314 e. The molecule has 2 heterocycles. The van der Waals surface area contributed by atoms with Crippen molar-refractivity contribution in [3.8, 4) is 0 Å². The van der Waals surface area contributed by atoms with E-state index >= 15 is 0 Å². The molecule has 100 valence electrons. The van der Waals surface area contributed by atoms with Crippen LogP contribution in [0, 0.1) is 0 Å². The van der Waals surface area contributed by atoms with Crippen molar-refractivity contribution in [1.29, 1.82) is 0 Å². The van der Waals surface area contributed by atoms with Crippen LogP contribution in [0.15, 0.2) is 18.2 Å². The molecule has 0 amide bonds. The summed E-state index contributed by atoms with van der Waals surface area (Å²) in [5.74, 6) is 0. The number of pyridine rings is 1. The van der Waals surface area contributed by atoms with Gasteiger partial charge in [0.1, 0.15) is 0 Å². The Morgan fingerprint density at radius 3 is 2.94 bits per heavy atom. The van der Waals surface area contributed by atoms with Crippen molar-refractivity contribution >= 4 is 0 Å². The van der Waals surface area contributed by atoms with E-state index in [1.54, 1.807) is 0 Å². The Morgan fingerprint density at radius 1 is 1.28 bits per heavy atom. The summed E-state index contributed by atoms with van der Waals surface area (Å²) in [4.78, 5) is 7.30. The highest BCUT2D eigenvalue weighted by atomic mass is 15.2. The van der Waals surface area contributed by atoms with Gasteiger partial charge in [0.05, 0.1) is 11.4 Å². The van der Waals surface area contributed by atoms with E-state index in [0.29, 0.717) is 6.04 Å². The van der Waals surface area contributed by atoms with Crippen LogP contribution in [0.3, 0.4) is 0 Å². The molecule has 3 nitrogen and oxygen atoms in total. The second kappa shape index (κ2) is 6.86. The Kier molecular flexibility index (Phi) is 5.14. The molecule has 0 aliphatic carbocycles. The lowest BCUT2D eigenvalue weighted by atomic mass is 10.1.